The summed E-state index contributed by atoms with van der Waals surface area (Å²) in [6.45, 7) is 11.8. The minimum Gasteiger partial charge on any atom is -0.481 e. The molecule has 4 aliphatic carbocycles. The standard InChI is InChI=1S/C37H51NO4S/c1-5-6-7-26-16-33(42-32(26)20-38-13-10-25(11-14-38)27-12-15-43-21-27)36-19-29-24(4)8-9-30(29)35(22-39)18-28(36)17-31(23(2)3)37(35,36)34(40)41/h10,12,15,17,21-24,26,28-30,32-33H,5-9,11,13-14,16,18-20H2,1-4H3,(H,40,41)/t24-,26?,28?,29-,30-,32?,33?,35?,36?,37?/m1/s1. The maximum Gasteiger partial charge on any atom is 0.315 e. The van der Waals surface area contributed by atoms with E-state index in [1.165, 1.54) is 17.6 Å². The van der Waals surface area contributed by atoms with Gasteiger partial charge in [-0.3, -0.25) is 9.69 Å². The second-order valence-corrected chi connectivity index (χ2v) is 16.2. The lowest BCUT2D eigenvalue weighted by Crippen LogP contribution is -2.65. The van der Waals surface area contributed by atoms with E-state index in [0.717, 1.165) is 76.4 Å². The van der Waals surface area contributed by atoms with Crippen molar-refractivity contribution >= 4 is 29.2 Å². The molecule has 4 bridgehead atoms. The molecule has 1 N–H and O–H groups in total. The molecule has 4 fully saturated rings. The van der Waals surface area contributed by atoms with E-state index in [9.17, 15) is 14.7 Å². The summed E-state index contributed by atoms with van der Waals surface area (Å²) in [6.07, 6.45) is 15.0. The number of nitrogens with zero attached hydrogens (tertiary/aromatic N) is 1. The number of carbonyl (C=O) groups is 2. The van der Waals surface area contributed by atoms with Gasteiger partial charge >= 0.3 is 5.97 Å². The van der Waals surface area contributed by atoms with Crippen molar-refractivity contribution in [1.82, 2.24) is 4.90 Å². The van der Waals surface area contributed by atoms with Crippen molar-refractivity contribution in [3.8, 4) is 0 Å². The Hall–Kier alpha value is -1.76. The molecule has 6 aliphatic rings. The number of carboxylic acids is 1. The fraction of sp³-hybridized carbons (Fsp3) is 0.730. The lowest BCUT2D eigenvalue weighted by Gasteiger charge is -2.60. The van der Waals surface area contributed by atoms with Gasteiger partial charge in [0.05, 0.1) is 17.6 Å². The van der Waals surface area contributed by atoms with Crippen molar-refractivity contribution in [3.05, 3.63) is 40.1 Å². The van der Waals surface area contributed by atoms with Gasteiger partial charge in [0.1, 0.15) is 11.7 Å². The molecule has 1 aromatic heterocycles. The molecule has 5 nitrogen and oxygen atoms in total. The number of rotatable bonds is 10. The van der Waals surface area contributed by atoms with Crippen molar-refractivity contribution in [1.29, 1.82) is 0 Å². The van der Waals surface area contributed by atoms with Crippen LogP contribution < -0.4 is 0 Å². The highest BCUT2D eigenvalue weighted by atomic mass is 32.1. The number of ether oxygens (including phenoxy) is 1. The second kappa shape index (κ2) is 10.9. The summed E-state index contributed by atoms with van der Waals surface area (Å²) in [4.78, 5) is 30.1. The van der Waals surface area contributed by atoms with Crippen LogP contribution in [-0.2, 0) is 14.3 Å². The quantitative estimate of drug-likeness (QED) is 0.218. The Balaban J connectivity index is 1.24. The summed E-state index contributed by atoms with van der Waals surface area (Å²) >= 11 is 1.76. The molecule has 3 heterocycles. The number of unbranched alkanes of at least 4 members (excludes halogenated alkanes) is 1. The number of hydrogen-bond donors (Lipinski definition) is 1. The van der Waals surface area contributed by atoms with Gasteiger partial charge in [0, 0.05) is 25.0 Å². The Labute approximate surface area is 262 Å². The molecule has 1 saturated heterocycles. The van der Waals surface area contributed by atoms with Crippen LogP contribution in [0.5, 0.6) is 0 Å². The fourth-order valence-electron chi connectivity index (χ4n) is 11.8. The van der Waals surface area contributed by atoms with E-state index in [0.29, 0.717) is 24.2 Å². The highest BCUT2D eigenvalue weighted by molar-refractivity contribution is 7.08. The summed E-state index contributed by atoms with van der Waals surface area (Å²) in [6, 6.07) is 2.23. The van der Waals surface area contributed by atoms with E-state index in [2.05, 4.69) is 61.6 Å². The summed E-state index contributed by atoms with van der Waals surface area (Å²) in [7, 11) is 0. The van der Waals surface area contributed by atoms with Gasteiger partial charge in [-0.15, -0.1) is 0 Å². The number of allylic oxidation sites excluding steroid dienone is 1. The van der Waals surface area contributed by atoms with Gasteiger partial charge < -0.3 is 14.6 Å². The smallest absolute Gasteiger partial charge is 0.315 e. The third-order valence-electron chi connectivity index (χ3n) is 13.5. The summed E-state index contributed by atoms with van der Waals surface area (Å²) in [5, 5.41) is 15.9. The van der Waals surface area contributed by atoms with Crippen molar-refractivity contribution < 1.29 is 19.4 Å². The predicted octanol–water partition coefficient (Wildman–Crippen LogP) is 7.73. The summed E-state index contributed by atoms with van der Waals surface area (Å²) < 4.78 is 7.32. The molecular formula is C37H51NO4S. The van der Waals surface area contributed by atoms with Crippen molar-refractivity contribution in [2.75, 3.05) is 19.6 Å². The number of aldehydes is 1. The normalized spacial score (nSPS) is 43.6. The van der Waals surface area contributed by atoms with Gasteiger partial charge in [-0.1, -0.05) is 64.7 Å². The van der Waals surface area contributed by atoms with E-state index in [-0.39, 0.29) is 30.0 Å². The minimum absolute atomic E-state index is 0.0983. The molecule has 0 spiro atoms. The first kappa shape index (κ1) is 29.9. The van der Waals surface area contributed by atoms with Gasteiger partial charge in [-0.2, -0.15) is 11.3 Å². The summed E-state index contributed by atoms with van der Waals surface area (Å²) in [5.74, 6) is 0.979. The van der Waals surface area contributed by atoms with Crippen LogP contribution in [0, 0.1) is 51.8 Å². The average Bonchev–Trinajstić information content (AvgIpc) is 3.81. The fourth-order valence-corrected chi connectivity index (χ4v) is 12.5. The van der Waals surface area contributed by atoms with E-state index in [1.54, 1.807) is 11.3 Å². The monoisotopic (exact) mass is 605 g/mol. The first-order valence-corrected chi connectivity index (χ1v) is 18.2. The molecule has 43 heavy (non-hydrogen) atoms. The molecule has 7 rings (SSSR count). The Morgan fingerprint density at radius 1 is 1.28 bits per heavy atom. The van der Waals surface area contributed by atoms with Gasteiger partial charge in [-0.25, -0.2) is 0 Å². The first-order chi connectivity index (χ1) is 20.7. The molecule has 2 aliphatic heterocycles. The van der Waals surface area contributed by atoms with Crippen molar-refractivity contribution in [2.24, 2.45) is 51.8 Å². The SMILES string of the molecule is CCCCC1CC(C23C[C@@H]4[C@H](C)CC[C@H]4C4(C=O)CC2C=C(C(C)C)C34C(=O)O)OC1CN1CC=C(c2ccsc2)CC1. The van der Waals surface area contributed by atoms with Gasteiger partial charge in [0.25, 0.3) is 0 Å². The van der Waals surface area contributed by atoms with Gasteiger partial charge in [-0.05, 0) is 102 Å². The van der Waals surface area contributed by atoms with Crippen LogP contribution in [0.3, 0.4) is 0 Å². The number of carbonyl (C=O) groups excluding carboxylic acids is 1. The maximum absolute atomic E-state index is 14.0. The maximum atomic E-state index is 14.0. The molecule has 0 radical (unpaired) electrons. The van der Waals surface area contributed by atoms with Crippen LogP contribution in [-0.4, -0.2) is 54.1 Å². The third kappa shape index (κ3) is 4.00. The Morgan fingerprint density at radius 3 is 2.77 bits per heavy atom. The van der Waals surface area contributed by atoms with Crippen molar-refractivity contribution in [2.45, 2.75) is 97.7 Å². The van der Waals surface area contributed by atoms with Crippen LogP contribution in [0.25, 0.3) is 5.57 Å². The van der Waals surface area contributed by atoms with Crippen LogP contribution in [0.2, 0.25) is 0 Å². The van der Waals surface area contributed by atoms with Crippen molar-refractivity contribution in [3.63, 3.8) is 0 Å². The third-order valence-corrected chi connectivity index (χ3v) is 14.2. The van der Waals surface area contributed by atoms with E-state index >= 15 is 0 Å². The molecular weight excluding hydrogens is 554 g/mol. The second-order valence-electron chi connectivity index (χ2n) is 15.4. The van der Waals surface area contributed by atoms with Crippen LogP contribution in [0.1, 0.15) is 91.0 Å². The van der Waals surface area contributed by atoms with E-state index < -0.39 is 22.2 Å². The lowest BCUT2D eigenvalue weighted by atomic mass is 9.41. The van der Waals surface area contributed by atoms with Gasteiger partial charge in [0.2, 0.25) is 0 Å². The van der Waals surface area contributed by atoms with Crippen LogP contribution in [0.4, 0.5) is 0 Å². The Morgan fingerprint density at radius 2 is 2.12 bits per heavy atom. The average molecular weight is 606 g/mol. The van der Waals surface area contributed by atoms with E-state index in [1.807, 2.05) is 0 Å². The minimum atomic E-state index is -1.15. The molecule has 7 unspecified atom stereocenters. The predicted molar refractivity (Wildman–Crippen MR) is 172 cm³/mol. The van der Waals surface area contributed by atoms with Crippen LogP contribution >= 0.6 is 11.3 Å². The highest BCUT2D eigenvalue weighted by Gasteiger charge is 2.86. The summed E-state index contributed by atoms with van der Waals surface area (Å²) in [5.41, 5.74) is 1.34. The highest BCUT2D eigenvalue weighted by Crippen LogP contribution is 2.84. The topological polar surface area (TPSA) is 66.8 Å². The van der Waals surface area contributed by atoms with Crippen LogP contribution in [0.15, 0.2) is 34.6 Å². The Kier molecular flexibility index (Phi) is 7.62. The first-order valence-electron chi connectivity index (χ1n) is 17.2. The molecule has 0 amide bonds. The number of carboxylic acid groups (broad SMARTS) is 1. The number of thiophene rings is 1. The zero-order chi connectivity index (χ0) is 30.1. The molecule has 3 saturated carbocycles. The van der Waals surface area contributed by atoms with Gasteiger partial charge in [0.15, 0.2) is 0 Å². The van der Waals surface area contributed by atoms with E-state index in [4.69, 9.17) is 4.74 Å². The molecule has 1 aromatic rings. The lowest BCUT2D eigenvalue weighted by molar-refractivity contribution is -0.197. The molecule has 6 heteroatoms. The number of aliphatic carboxylic acids is 1. The zero-order valence-corrected chi connectivity index (χ0v) is 27.4. The number of hydrogen-bond acceptors (Lipinski definition) is 5. The largest absolute Gasteiger partial charge is 0.481 e. The number of fused-ring (bicyclic) bond motifs is 2. The Bertz CT molecular complexity index is 1300. The molecule has 0 aromatic carbocycles. The zero-order valence-electron chi connectivity index (χ0n) is 26.6. The molecule has 234 valence electrons. The molecule has 10 atom stereocenters.